The number of carbonyl (C=O) groups is 1. The summed E-state index contributed by atoms with van der Waals surface area (Å²) >= 11 is 3.54. The fraction of sp³-hybridized carbons (Fsp3) is 0.364. The van der Waals surface area contributed by atoms with E-state index in [-0.39, 0.29) is 0 Å². The zero-order valence-electron chi connectivity index (χ0n) is 8.08. The molecule has 0 bridgehead atoms. The zero-order chi connectivity index (χ0) is 9.97. The first-order chi connectivity index (χ1) is 6.81. The van der Waals surface area contributed by atoms with Crippen LogP contribution in [-0.4, -0.2) is 17.8 Å². The summed E-state index contributed by atoms with van der Waals surface area (Å²) in [5.41, 5.74) is 2.15. The highest BCUT2D eigenvalue weighted by atomic mass is 32.2. The smallest absolute Gasteiger partial charge is 0.164 e. The van der Waals surface area contributed by atoms with Crippen LogP contribution in [0, 0.1) is 0 Å². The van der Waals surface area contributed by atoms with Gasteiger partial charge < -0.3 is 0 Å². The van der Waals surface area contributed by atoms with Gasteiger partial charge in [-0.15, -0.1) is 11.8 Å². The van der Waals surface area contributed by atoms with Gasteiger partial charge in [0.25, 0.3) is 0 Å². The van der Waals surface area contributed by atoms with E-state index in [0.717, 1.165) is 17.1 Å². The molecule has 0 N–H and O–H groups in total. The molecule has 1 aromatic rings. The molecule has 14 heavy (non-hydrogen) atoms. The van der Waals surface area contributed by atoms with Crippen LogP contribution >= 0.6 is 23.5 Å². The van der Waals surface area contributed by atoms with Gasteiger partial charge in [0.15, 0.2) is 5.78 Å². The Morgan fingerprint density at radius 1 is 1.43 bits per heavy atom. The summed E-state index contributed by atoms with van der Waals surface area (Å²) < 4.78 is 0. The molecule has 0 aliphatic carbocycles. The third-order valence-corrected chi connectivity index (χ3v) is 4.08. The monoisotopic (exact) mass is 224 g/mol. The fourth-order valence-electron chi connectivity index (χ4n) is 1.55. The molecule has 0 saturated heterocycles. The zero-order valence-corrected chi connectivity index (χ0v) is 9.71. The molecule has 0 atom stereocenters. The van der Waals surface area contributed by atoms with E-state index >= 15 is 0 Å². The Bertz CT molecular complexity index is 360. The van der Waals surface area contributed by atoms with Crippen LogP contribution in [0.3, 0.4) is 0 Å². The molecule has 1 nitrogen and oxygen atoms in total. The number of carbonyl (C=O) groups excluding carboxylic acids is 1. The Hall–Kier alpha value is -0.410. The average molecular weight is 224 g/mol. The molecular weight excluding hydrogens is 212 g/mol. The first kappa shape index (κ1) is 10.1. The lowest BCUT2D eigenvalue weighted by atomic mass is 10.0. The quantitative estimate of drug-likeness (QED) is 0.682. The molecule has 0 amide bonds. The number of benzene rings is 1. The minimum absolute atomic E-state index is 0.306. The van der Waals surface area contributed by atoms with Gasteiger partial charge in [0.05, 0.1) is 0 Å². The van der Waals surface area contributed by atoms with Crippen LogP contribution in [0.1, 0.15) is 22.3 Å². The Kier molecular flexibility index (Phi) is 3.19. The lowest BCUT2D eigenvalue weighted by Gasteiger charge is -2.05. The maximum absolute atomic E-state index is 11.8. The van der Waals surface area contributed by atoms with Gasteiger partial charge in [-0.25, -0.2) is 0 Å². The topological polar surface area (TPSA) is 17.1 Å². The van der Waals surface area contributed by atoms with E-state index < -0.39 is 0 Å². The number of fused-ring (bicyclic) bond motifs is 1. The van der Waals surface area contributed by atoms with Crippen molar-refractivity contribution in [3.05, 3.63) is 29.3 Å². The van der Waals surface area contributed by atoms with Crippen LogP contribution in [0.15, 0.2) is 23.1 Å². The van der Waals surface area contributed by atoms with Gasteiger partial charge in [0.2, 0.25) is 0 Å². The molecule has 0 radical (unpaired) electrons. The molecule has 1 aliphatic heterocycles. The maximum Gasteiger partial charge on any atom is 0.164 e. The van der Waals surface area contributed by atoms with Crippen LogP contribution in [-0.2, 0) is 5.75 Å². The number of ketones is 1. The van der Waals surface area contributed by atoms with Crippen molar-refractivity contribution in [3.63, 3.8) is 0 Å². The molecule has 2 rings (SSSR count). The van der Waals surface area contributed by atoms with Crippen molar-refractivity contribution in [1.29, 1.82) is 0 Å². The van der Waals surface area contributed by atoms with Gasteiger partial charge in [0, 0.05) is 28.4 Å². The van der Waals surface area contributed by atoms with Gasteiger partial charge in [-0.1, -0.05) is 6.07 Å². The summed E-state index contributed by atoms with van der Waals surface area (Å²) in [6.45, 7) is 0. The van der Waals surface area contributed by atoms with E-state index in [1.165, 1.54) is 10.5 Å². The van der Waals surface area contributed by atoms with Gasteiger partial charge in [-0.05, 0) is 24.0 Å². The van der Waals surface area contributed by atoms with Crippen molar-refractivity contribution >= 4 is 29.3 Å². The second-order valence-corrected chi connectivity index (χ2v) is 5.23. The molecule has 1 aliphatic rings. The third-order valence-electron chi connectivity index (χ3n) is 2.35. The first-order valence-electron chi connectivity index (χ1n) is 4.59. The number of Topliss-reactive ketones (excluding diaryl/α,β-unsaturated/α-hetero) is 1. The van der Waals surface area contributed by atoms with Crippen molar-refractivity contribution in [2.45, 2.75) is 17.1 Å². The number of thioether (sulfide) groups is 2. The Morgan fingerprint density at radius 2 is 2.29 bits per heavy atom. The van der Waals surface area contributed by atoms with Gasteiger partial charge in [0.1, 0.15) is 0 Å². The number of rotatable bonds is 1. The van der Waals surface area contributed by atoms with Gasteiger partial charge in [-0.3, -0.25) is 4.79 Å². The Morgan fingerprint density at radius 3 is 3.07 bits per heavy atom. The second kappa shape index (κ2) is 4.41. The Balaban J connectivity index is 2.44. The van der Waals surface area contributed by atoms with E-state index in [1.807, 2.05) is 24.1 Å². The first-order valence-corrected chi connectivity index (χ1v) is 6.97. The lowest BCUT2D eigenvalue weighted by Crippen LogP contribution is -2.00. The van der Waals surface area contributed by atoms with E-state index in [0.29, 0.717) is 12.2 Å². The van der Waals surface area contributed by atoms with Crippen LogP contribution in [0.5, 0.6) is 0 Å². The van der Waals surface area contributed by atoms with Crippen LogP contribution in [0.4, 0.5) is 0 Å². The molecule has 1 aromatic carbocycles. The van der Waals surface area contributed by atoms with Crippen LogP contribution in [0.2, 0.25) is 0 Å². The molecule has 0 saturated carbocycles. The van der Waals surface area contributed by atoms with Crippen molar-refractivity contribution in [3.8, 4) is 0 Å². The van der Waals surface area contributed by atoms with Crippen LogP contribution in [0.25, 0.3) is 0 Å². The van der Waals surface area contributed by atoms with Gasteiger partial charge in [-0.2, -0.15) is 11.8 Å². The van der Waals surface area contributed by atoms with Crippen molar-refractivity contribution < 1.29 is 4.79 Å². The summed E-state index contributed by atoms with van der Waals surface area (Å²) in [6.07, 6.45) is 2.73. The minimum atomic E-state index is 0.306. The van der Waals surface area contributed by atoms with Crippen molar-refractivity contribution in [1.82, 2.24) is 0 Å². The second-order valence-electron chi connectivity index (χ2n) is 3.25. The summed E-state index contributed by atoms with van der Waals surface area (Å²) in [7, 11) is 0. The third kappa shape index (κ3) is 1.98. The molecular formula is C11H12OS2. The van der Waals surface area contributed by atoms with Crippen LogP contribution < -0.4 is 0 Å². The minimum Gasteiger partial charge on any atom is -0.294 e. The molecule has 0 fully saturated rings. The molecule has 0 spiro atoms. The molecule has 74 valence electrons. The van der Waals surface area contributed by atoms with E-state index in [9.17, 15) is 4.79 Å². The normalized spacial score (nSPS) is 16.2. The van der Waals surface area contributed by atoms with Gasteiger partial charge >= 0.3 is 0 Å². The largest absolute Gasteiger partial charge is 0.294 e. The maximum atomic E-state index is 11.8. The summed E-state index contributed by atoms with van der Waals surface area (Å²) in [5, 5.41) is 0. The average Bonchev–Trinajstić information content (AvgIpc) is 2.40. The molecule has 0 aromatic heterocycles. The highest BCUT2D eigenvalue weighted by molar-refractivity contribution is 7.98. The highest BCUT2D eigenvalue weighted by Gasteiger charge is 2.15. The van der Waals surface area contributed by atoms with E-state index in [2.05, 4.69) is 12.1 Å². The standard InChI is InChI=1S/C11H12OS2/c1-13-9-3-2-8-7-14-5-4-11(12)10(8)6-9/h2-3,6H,4-5,7H2,1H3. The predicted molar refractivity (Wildman–Crippen MR) is 63.3 cm³/mol. The van der Waals surface area contributed by atoms with Crippen molar-refractivity contribution in [2.75, 3.05) is 12.0 Å². The molecule has 1 heterocycles. The number of hydrogen-bond donors (Lipinski definition) is 0. The molecule has 0 unspecified atom stereocenters. The number of hydrogen-bond acceptors (Lipinski definition) is 3. The fourth-order valence-corrected chi connectivity index (χ4v) is 2.94. The summed E-state index contributed by atoms with van der Waals surface area (Å²) in [5.74, 6) is 2.25. The predicted octanol–water partition coefficient (Wildman–Crippen LogP) is 3.23. The Labute approximate surface area is 92.7 Å². The summed E-state index contributed by atoms with van der Waals surface area (Å²) in [6, 6.07) is 6.23. The van der Waals surface area contributed by atoms with Crippen molar-refractivity contribution in [2.24, 2.45) is 0 Å². The summed E-state index contributed by atoms with van der Waals surface area (Å²) in [4.78, 5) is 12.9. The molecule has 3 heteroatoms. The SMILES string of the molecule is CSc1ccc2c(c1)C(=O)CCSC2. The van der Waals surface area contributed by atoms with E-state index in [1.54, 1.807) is 11.8 Å². The lowest BCUT2D eigenvalue weighted by molar-refractivity contribution is 0.0989. The highest BCUT2D eigenvalue weighted by Crippen LogP contribution is 2.27. The van der Waals surface area contributed by atoms with E-state index in [4.69, 9.17) is 0 Å².